The Bertz CT molecular complexity index is 353. The standard InChI is InChI=1S/C11H15F3N2O/c1-8(2)17-6-5-16-10-7-9(3-4-15-10)11(12,13)14/h3-4,7-8H,5-6H2,1-2H3,(H,15,16). The molecule has 0 aliphatic heterocycles. The van der Waals surface area contributed by atoms with Crippen molar-refractivity contribution in [2.45, 2.75) is 26.1 Å². The molecule has 0 saturated carbocycles. The average Bonchev–Trinajstić information content (AvgIpc) is 2.23. The summed E-state index contributed by atoms with van der Waals surface area (Å²) in [6.45, 7) is 4.63. The molecular formula is C11H15F3N2O. The highest BCUT2D eigenvalue weighted by Crippen LogP contribution is 2.29. The van der Waals surface area contributed by atoms with Crippen LogP contribution in [-0.4, -0.2) is 24.2 Å². The van der Waals surface area contributed by atoms with Gasteiger partial charge in [0.05, 0.1) is 18.3 Å². The molecule has 0 aromatic carbocycles. The second-order valence-electron chi connectivity index (χ2n) is 3.77. The monoisotopic (exact) mass is 248 g/mol. The summed E-state index contributed by atoms with van der Waals surface area (Å²) in [7, 11) is 0. The summed E-state index contributed by atoms with van der Waals surface area (Å²) in [6, 6.07) is 1.92. The van der Waals surface area contributed by atoms with E-state index >= 15 is 0 Å². The van der Waals surface area contributed by atoms with Gasteiger partial charge in [-0.15, -0.1) is 0 Å². The van der Waals surface area contributed by atoms with Gasteiger partial charge >= 0.3 is 6.18 Å². The second kappa shape index (κ2) is 5.86. The molecule has 0 spiro atoms. The molecule has 0 amide bonds. The summed E-state index contributed by atoms with van der Waals surface area (Å²) in [5, 5.41) is 2.78. The maximum Gasteiger partial charge on any atom is 0.416 e. The van der Waals surface area contributed by atoms with Crippen molar-refractivity contribution in [3.63, 3.8) is 0 Å². The van der Waals surface area contributed by atoms with Crippen LogP contribution in [0.4, 0.5) is 19.0 Å². The molecule has 3 nitrogen and oxygen atoms in total. The van der Waals surface area contributed by atoms with Crippen LogP contribution in [0.15, 0.2) is 18.3 Å². The highest BCUT2D eigenvalue weighted by molar-refractivity contribution is 5.38. The number of rotatable bonds is 5. The second-order valence-corrected chi connectivity index (χ2v) is 3.77. The van der Waals surface area contributed by atoms with Gasteiger partial charge in [-0.3, -0.25) is 0 Å². The van der Waals surface area contributed by atoms with Gasteiger partial charge in [-0.25, -0.2) is 4.98 Å². The van der Waals surface area contributed by atoms with Gasteiger partial charge in [0.1, 0.15) is 5.82 Å². The Morgan fingerprint density at radius 1 is 1.41 bits per heavy atom. The van der Waals surface area contributed by atoms with Crippen LogP contribution in [-0.2, 0) is 10.9 Å². The van der Waals surface area contributed by atoms with Gasteiger partial charge in [0.25, 0.3) is 0 Å². The van der Waals surface area contributed by atoms with Gasteiger partial charge in [0.15, 0.2) is 0 Å². The van der Waals surface area contributed by atoms with Gasteiger partial charge in [0, 0.05) is 12.7 Å². The van der Waals surface area contributed by atoms with Crippen LogP contribution in [0.3, 0.4) is 0 Å². The maximum atomic E-state index is 12.4. The Morgan fingerprint density at radius 3 is 2.71 bits per heavy atom. The number of aromatic nitrogens is 1. The zero-order chi connectivity index (χ0) is 12.9. The van der Waals surface area contributed by atoms with Crippen LogP contribution < -0.4 is 5.32 Å². The van der Waals surface area contributed by atoms with Crippen molar-refractivity contribution in [1.29, 1.82) is 0 Å². The fraction of sp³-hybridized carbons (Fsp3) is 0.545. The van der Waals surface area contributed by atoms with Gasteiger partial charge < -0.3 is 10.1 Å². The molecule has 0 atom stereocenters. The highest BCUT2D eigenvalue weighted by atomic mass is 19.4. The Kier molecular flexibility index (Phi) is 4.74. The predicted molar refractivity (Wildman–Crippen MR) is 58.8 cm³/mol. The molecule has 1 aromatic rings. The summed E-state index contributed by atoms with van der Waals surface area (Å²) in [5.74, 6) is 0.201. The Morgan fingerprint density at radius 2 is 2.12 bits per heavy atom. The van der Waals surface area contributed by atoms with E-state index in [-0.39, 0.29) is 11.9 Å². The van der Waals surface area contributed by atoms with Crippen molar-refractivity contribution < 1.29 is 17.9 Å². The smallest absolute Gasteiger partial charge is 0.377 e. The third-order valence-corrected chi connectivity index (χ3v) is 1.95. The molecule has 0 aliphatic carbocycles. The van der Waals surface area contributed by atoms with E-state index in [1.54, 1.807) is 0 Å². The first kappa shape index (κ1) is 13.8. The van der Waals surface area contributed by atoms with E-state index in [2.05, 4.69) is 10.3 Å². The lowest BCUT2D eigenvalue weighted by Gasteiger charge is -2.11. The lowest BCUT2D eigenvalue weighted by Crippen LogP contribution is -2.14. The predicted octanol–water partition coefficient (Wildman–Crippen LogP) is 2.94. The van der Waals surface area contributed by atoms with Gasteiger partial charge in [-0.05, 0) is 26.0 Å². The number of halogens is 3. The number of nitrogens with zero attached hydrogens (tertiary/aromatic N) is 1. The molecular weight excluding hydrogens is 233 g/mol. The fourth-order valence-corrected chi connectivity index (χ4v) is 1.18. The molecule has 1 aromatic heterocycles. The summed E-state index contributed by atoms with van der Waals surface area (Å²) < 4.78 is 42.4. The van der Waals surface area contributed by atoms with E-state index in [1.165, 1.54) is 0 Å². The van der Waals surface area contributed by atoms with E-state index in [1.807, 2.05) is 13.8 Å². The molecule has 0 fully saturated rings. The minimum Gasteiger partial charge on any atom is -0.377 e. The zero-order valence-electron chi connectivity index (χ0n) is 9.71. The average molecular weight is 248 g/mol. The first-order valence-electron chi connectivity index (χ1n) is 5.28. The molecule has 96 valence electrons. The van der Waals surface area contributed by atoms with Crippen molar-refractivity contribution in [1.82, 2.24) is 4.98 Å². The highest BCUT2D eigenvalue weighted by Gasteiger charge is 2.30. The Labute approximate surface area is 98.0 Å². The minimum absolute atomic E-state index is 0.103. The molecule has 0 radical (unpaired) electrons. The number of anilines is 1. The van der Waals surface area contributed by atoms with Crippen molar-refractivity contribution in [3.8, 4) is 0 Å². The Balaban J connectivity index is 2.49. The van der Waals surface area contributed by atoms with Crippen molar-refractivity contribution in [2.75, 3.05) is 18.5 Å². The topological polar surface area (TPSA) is 34.1 Å². The zero-order valence-corrected chi connectivity index (χ0v) is 9.71. The SMILES string of the molecule is CC(C)OCCNc1cc(C(F)(F)F)ccn1. The molecule has 6 heteroatoms. The lowest BCUT2D eigenvalue weighted by atomic mass is 10.2. The van der Waals surface area contributed by atoms with Crippen LogP contribution in [0, 0.1) is 0 Å². The molecule has 0 aliphatic rings. The van der Waals surface area contributed by atoms with Crippen LogP contribution in [0.1, 0.15) is 19.4 Å². The van der Waals surface area contributed by atoms with Crippen molar-refractivity contribution in [3.05, 3.63) is 23.9 Å². The maximum absolute atomic E-state index is 12.4. The van der Waals surface area contributed by atoms with Crippen LogP contribution in [0.25, 0.3) is 0 Å². The normalized spacial score (nSPS) is 11.9. The molecule has 17 heavy (non-hydrogen) atoms. The summed E-state index contributed by atoms with van der Waals surface area (Å²) in [4.78, 5) is 3.80. The molecule has 1 N–H and O–H groups in total. The molecule has 0 unspecified atom stereocenters. The number of pyridine rings is 1. The van der Waals surface area contributed by atoms with Crippen LogP contribution in [0.5, 0.6) is 0 Å². The van der Waals surface area contributed by atoms with Crippen LogP contribution >= 0.6 is 0 Å². The van der Waals surface area contributed by atoms with Crippen molar-refractivity contribution in [2.24, 2.45) is 0 Å². The summed E-state index contributed by atoms with van der Waals surface area (Å²) in [6.07, 6.45) is -3.10. The van der Waals surface area contributed by atoms with Gasteiger partial charge in [-0.1, -0.05) is 0 Å². The van der Waals surface area contributed by atoms with E-state index in [9.17, 15) is 13.2 Å². The van der Waals surface area contributed by atoms with E-state index in [0.717, 1.165) is 18.3 Å². The molecule has 1 heterocycles. The van der Waals surface area contributed by atoms with Crippen LogP contribution in [0.2, 0.25) is 0 Å². The number of alkyl halides is 3. The third kappa shape index (κ3) is 5.04. The van der Waals surface area contributed by atoms with E-state index in [0.29, 0.717) is 13.2 Å². The minimum atomic E-state index is -4.34. The third-order valence-electron chi connectivity index (χ3n) is 1.95. The number of ether oxygens (including phenoxy) is 1. The van der Waals surface area contributed by atoms with Gasteiger partial charge in [-0.2, -0.15) is 13.2 Å². The van der Waals surface area contributed by atoms with Gasteiger partial charge in [0.2, 0.25) is 0 Å². The lowest BCUT2D eigenvalue weighted by molar-refractivity contribution is -0.137. The molecule has 1 rings (SSSR count). The van der Waals surface area contributed by atoms with E-state index in [4.69, 9.17) is 4.74 Å². The quantitative estimate of drug-likeness (QED) is 0.813. The summed E-state index contributed by atoms with van der Waals surface area (Å²) >= 11 is 0. The number of nitrogens with one attached hydrogen (secondary N) is 1. The number of hydrogen-bond acceptors (Lipinski definition) is 3. The van der Waals surface area contributed by atoms with Crippen molar-refractivity contribution >= 4 is 5.82 Å². The van der Waals surface area contributed by atoms with E-state index < -0.39 is 11.7 Å². The largest absolute Gasteiger partial charge is 0.416 e. The Hall–Kier alpha value is -1.30. The first-order chi connectivity index (χ1) is 7.89. The molecule has 0 saturated heterocycles. The number of hydrogen-bond donors (Lipinski definition) is 1. The summed E-state index contributed by atoms with van der Waals surface area (Å²) in [5.41, 5.74) is -0.709. The molecule has 0 bridgehead atoms. The fourth-order valence-electron chi connectivity index (χ4n) is 1.18. The first-order valence-corrected chi connectivity index (χ1v) is 5.28.